The SMILES string of the molecule is Cc1c(C(=O)Nc2cccc(OCCn3cccn3)c2)sc2ccccc12. The Morgan fingerprint density at radius 2 is 2.07 bits per heavy atom. The first-order valence-corrected chi connectivity index (χ1v) is 9.52. The van der Waals surface area contributed by atoms with E-state index in [1.54, 1.807) is 6.20 Å². The molecule has 0 aliphatic heterocycles. The number of thiophene rings is 1. The number of nitrogens with one attached hydrogen (secondary N) is 1. The molecular formula is C21H19N3O2S. The van der Waals surface area contributed by atoms with Crippen molar-refractivity contribution in [2.24, 2.45) is 0 Å². The number of hydrogen-bond acceptors (Lipinski definition) is 4. The van der Waals surface area contributed by atoms with E-state index in [2.05, 4.69) is 10.4 Å². The third-order valence-corrected chi connectivity index (χ3v) is 5.56. The van der Waals surface area contributed by atoms with Crippen LogP contribution in [-0.4, -0.2) is 22.3 Å². The Morgan fingerprint density at radius 3 is 2.89 bits per heavy atom. The Labute approximate surface area is 161 Å². The van der Waals surface area contributed by atoms with Gasteiger partial charge in [-0.2, -0.15) is 5.10 Å². The van der Waals surface area contributed by atoms with Gasteiger partial charge >= 0.3 is 0 Å². The molecule has 0 spiro atoms. The minimum Gasteiger partial charge on any atom is -0.492 e. The molecule has 27 heavy (non-hydrogen) atoms. The van der Waals surface area contributed by atoms with Gasteiger partial charge in [-0.15, -0.1) is 11.3 Å². The van der Waals surface area contributed by atoms with Gasteiger partial charge in [-0.25, -0.2) is 0 Å². The van der Waals surface area contributed by atoms with Crippen LogP contribution in [0.4, 0.5) is 5.69 Å². The second-order valence-corrected chi connectivity index (χ2v) is 7.20. The fourth-order valence-corrected chi connectivity index (χ4v) is 4.04. The van der Waals surface area contributed by atoms with E-state index in [-0.39, 0.29) is 5.91 Å². The molecule has 0 saturated carbocycles. The van der Waals surface area contributed by atoms with Gasteiger partial charge in [0.25, 0.3) is 5.91 Å². The predicted molar refractivity (Wildman–Crippen MR) is 109 cm³/mol. The highest BCUT2D eigenvalue weighted by Crippen LogP contribution is 2.31. The van der Waals surface area contributed by atoms with Crippen molar-refractivity contribution in [3.8, 4) is 5.75 Å². The number of aryl methyl sites for hydroxylation is 1. The molecule has 136 valence electrons. The van der Waals surface area contributed by atoms with Crippen LogP contribution in [0.1, 0.15) is 15.2 Å². The number of carbonyl (C=O) groups is 1. The fraction of sp³-hybridized carbons (Fsp3) is 0.143. The van der Waals surface area contributed by atoms with Crippen LogP contribution < -0.4 is 10.1 Å². The smallest absolute Gasteiger partial charge is 0.266 e. The predicted octanol–water partition coefficient (Wildman–Crippen LogP) is 4.74. The topological polar surface area (TPSA) is 56.1 Å². The molecule has 0 saturated heterocycles. The van der Waals surface area contributed by atoms with E-state index < -0.39 is 0 Å². The lowest BCUT2D eigenvalue weighted by Crippen LogP contribution is -2.12. The average Bonchev–Trinajstić information content (AvgIpc) is 3.31. The summed E-state index contributed by atoms with van der Waals surface area (Å²) in [5, 5.41) is 8.25. The molecular weight excluding hydrogens is 358 g/mol. The van der Waals surface area contributed by atoms with E-state index in [9.17, 15) is 4.79 Å². The maximum Gasteiger partial charge on any atom is 0.266 e. The molecule has 2 heterocycles. The Bertz CT molecular complexity index is 1070. The minimum absolute atomic E-state index is 0.0950. The first-order valence-electron chi connectivity index (χ1n) is 8.70. The van der Waals surface area contributed by atoms with Crippen molar-refractivity contribution in [3.63, 3.8) is 0 Å². The standard InChI is InChI=1S/C21H19N3O2S/c1-15-18-8-2-3-9-19(18)27-20(15)21(25)23-16-6-4-7-17(14-16)26-13-12-24-11-5-10-22-24/h2-11,14H,12-13H2,1H3,(H,23,25). The van der Waals surface area contributed by atoms with Gasteiger partial charge in [0.1, 0.15) is 12.4 Å². The van der Waals surface area contributed by atoms with Crippen molar-refractivity contribution in [3.05, 3.63) is 77.4 Å². The number of anilines is 1. The molecule has 1 N–H and O–H groups in total. The number of carbonyl (C=O) groups excluding carboxylic acids is 1. The molecule has 6 heteroatoms. The zero-order chi connectivity index (χ0) is 18.6. The van der Waals surface area contributed by atoms with Gasteiger partial charge in [0, 0.05) is 28.8 Å². The summed E-state index contributed by atoms with van der Waals surface area (Å²) in [6, 6.07) is 17.4. The van der Waals surface area contributed by atoms with Gasteiger partial charge in [-0.3, -0.25) is 9.48 Å². The highest BCUT2D eigenvalue weighted by atomic mass is 32.1. The van der Waals surface area contributed by atoms with E-state index in [0.717, 1.165) is 20.5 Å². The zero-order valence-corrected chi connectivity index (χ0v) is 15.7. The molecule has 0 atom stereocenters. The van der Waals surface area contributed by atoms with Gasteiger partial charge < -0.3 is 10.1 Å². The van der Waals surface area contributed by atoms with Gasteiger partial charge in [0.2, 0.25) is 0 Å². The molecule has 2 aromatic heterocycles. The van der Waals surface area contributed by atoms with E-state index in [1.165, 1.54) is 11.3 Å². The summed E-state index contributed by atoms with van der Waals surface area (Å²) in [5.41, 5.74) is 1.73. The number of ether oxygens (including phenoxy) is 1. The first kappa shape index (κ1) is 17.3. The highest BCUT2D eigenvalue weighted by molar-refractivity contribution is 7.21. The fourth-order valence-electron chi connectivity index (χ4n) is 2.93. The molecule has 2 aromatic carbocycles. The van der Waals surface area contributed by atoms with Crippen molar-refractivity contribution in [2.45, 2.75) is 13.5 Å². The Hall–Kier alpha value is -3.12. The molecule has 4 aromatic rings. The molecule has 1 amide bonds. The number of amides is 1. The van der Waals surface area contributed by atoms with Crippen LogP contribution in [-0.2, 0) is 6.54 Å². The summed E-state index contributed by atoms with van der Waals surface area (Å²) in [5.74, 6) is 0.621. The molecule has 5 nitrogen and oxygen atoms in total. The molecule has 0 aliphatic carbocycles. The summed E-state index contributed by atoms with van der Waals surface area (Å²) in [4.78, 5) is 13.5. The number of benzene rings is 2. The van der Waals surface area contributed by atoms with E-state index in [4.69, 9.17) is 4.74 Å². The largest absolute Gasteiger partial charge is 0.492 e. The molecule has 0 unspecified atom stereocenters. The Morgan fingerprint density at radius 1 is 1.19 bits per heavy atom. The highest BCUT2D eigenvalue weighted by Gasteiger charge is 2.15. The number of nitrogens with zero attached hydrogens (tertiary/aromatic N) is 2. The van der Waals surface area contributed by atoms with Crippen molar-refractivity contribution >= 4 is 33.0 Å². The maximum atomic E-state index is 12.7. The summed E-state index contributed by atoms with van der Waals surface area (Å²) < 4.78 is 8.71. The van der Waals surface area contributed by atoms with E-state index >= 15 is 0 Å². The Balaban J connectivity index is 1.44. The second kappa shape index (κ2) is 7.63. The molecule has 0 bridgehead atoms. The van der Waals surface area contributed by atoms with E-state index in [0.29, 0.717) is 24.6 Å². The third-order valence-electron chi connectivity index (χ3n) is 4.29. The normalized spacial score (nSPS) is 10.9. The van der Waals surface area contributed by atoms with Crippen LogP contribution in [0.15, 0.2) is 67.0 Å². The van der Waals surface area contributed by atoms with Crippen molar-refractivity contribution in [1.29, 1.82) is 0 Å². The summed E-state index contributed by atoms with van der Waals surface area (Å²) in [6.45, 7) is 3.17. The van der Waals surface area contributed by atoms with Crippen LogP contribution in [0.2, 0.25) is 0 Å². The molecule has 0 radical (unpaired) electrons. The molecule has 4 rings (SSSR count). The number of rotatable bonds is 6. The number of aromatic nitrogens is 2. The molecule has 0 aliphatic rings. The Kier molecular flexibility index (Phi) is 4.89. The monoisotopic (exact) mass is 377 g/mol. The second-order valence-electron chi connectivity index (χ2n) is 6.15. The summed E-state index contributed by atoms with van der Waals surface area (Å²) in [6.07, 6.45) is 3.64. The van der Waals surface area contributed by atoms with Crippen molar-refractivity contribution in [1.82, 2.24) is 9.78 Å². The minimum atomic E-state index is -0.0950. The number of hydrogen-bond donors (Lipinski definition) is 1. The molecule has 0 fully saturated rings. The van der Waals surface area contributed by atoms with Crippen LogP contribution in [0.3, 0.4) is 0 Å². The van der Waals surface area contributed by atoms with Crippen molar-refractivity contribution < 1.29 is 9.53 Å². The lowest BCUT2D eigenvalue weighted by atomic mass is 10.1. The van der Waals surface area contributed by atoms with Crippen LogP contribution in [0, 0.1) is 6.92 Å². The third kappa shape index (κ3) is 3.85. The maximum absolute atomic E-state index is 12.7. The average molecular weight is 377 g/mol. The summed E-state index contributed by atoms with van der Waals surface area (Å²) >= 11 is 1.51. The van der Waals surface area contributed by atoms with Crippen LogP contribution in [0.5, 0.6) is 5.75 Å². The lowest BCUT2D eigenvalue weighted by Gasteiger charge is -2.09. The summed E-state index contributed by atoms with van der Waals surface area (Å²) in [7, 11) is 0. The lowest BCUT2D eigenvalue weighted by molar-refractivity contribution is 0.103. The first-order chi connectivity index (χ1) is 13.2. The van der Waals surface area contributed by atoms with Gasteiger partial charge in [-0.05, 0) is 42.1 Å². The van der Waals surface area contributed by atoms with Crippen LogP contribution in [0.25, 0.3) is 10.1 Å². The van der Waals surface area contributed by atoms with E-state index in [1.807, 2.05) is 72.4 Å². The quantitative estimate of drug-likeness (QED) is 0.528. The van der Waals surface area contributed by atoms with Crippen molar-refractivity contribution in [2.75, 3.05) is 11.9 Å². The zero-order valence-electron chi connectivity index (χ0n) is 14.9. The van der Waals surface area contributed by atoms with Gasteiger partial charge in [-0.1, -0.05) is 24.3 Å². The van der Waals surface area contributed by atoms with Crippen LogP contribution >= 0.6 is 11.3 Å². The van der Waals surface area contributed by atoms with Gasteiger partial charge in [0.05, 0.1) is 11.4 Å². The van der Waals surface area contributed by atoms with Gasteiger partial charge in [0.15, 0.2) is 0 Å². The number of fused-ring (bicyclic) bond motifs is 1.